The Bertz CT molecular complexity index is 898. The van der Waals surface area contributed by atoms with Gasteiger partial charge in [-0.15, -0.1) is 0 Å². The molecule has 1 aliphatic heterocycles. The monoisotopic (exact) mass is 489 g/mol. The van der Waals surface area contributed by atoms with Crippen molar-refractivity contribution >= 4 is 28.6 Å². The normalized spacial score (nSPS) is 27.1. The van der Waals surface area contributed by atoms with E-state index in [1.165, 1.54) is 9.14 Å². The lowest BCUT2D eigenvalue weighted by atomic mass is 9.62. The summed E-state index contributed by atoms with van der Waals surface area (Å²) in [5.74, 6) is -0.0339. The number of hydrogen-bond acceptors (Lipinski definition) is 3. The predicted octanol–water partition coefficient (Wildman–Crippen LogP) is 4.70. The van der Waals surface area contributed by atoms with Gasteiger partial charge in [0.25, 0.3) is 0 Å². The summed E-state index contributed by atoms with van der Waals surface area (Å²) < 4.78 is 6.76. The van der Waals surface area contributed by atoms with E-state index in [-0.39, 0.29) is 11.8 Å². The number of halogens is 1. The molecule has 0 aromatic heterocycles. The van der Waals surface area contributed by atoms with Gasteiger partial charge in [0.1, 0.15) is 5.75 Å². The van der Waals surface area contributed by atoms with E-state index in [1.54, 1.807) is 7.11 Å². The number of aliphatic carboxylic acids is 1. The summed E-state index contributed by atoms with van der Waals surface area (Å²) in [4.78, 5) is 15.1. The number of carboxylic acid groups (broad SMARTS) is 1. The first-order valence-corrected chi connectivity index (χ1v) is 10.6. The smallest absolute Gasteiger partial charge is 0.312 e. The summed E-state index contributed by atoms with van der Waals surface area (Å²) in [6, 6.07) is 18.2. The second kappa shape index (κ2) is 7.87. The molecule has 0 spiro atoms. The van der Waals surface area contributed by atoms with Crippen molar-refractivity contribution in [2.75, 3.05) is 20.2 Å². The van der Waals surface area contributed by atoms with Crippen molar-refractivity contribution in [2.45, 2.75) is 18.9 Å². The molecule has 2 aromatic rings. The Morgan fingerprint density at radius 3 is 2.61 bits per heavy atom. The van der Waals surface area contributed by atoms with Crippen LogP contribution in [0.2, 0.25) is 0 Å². The van der Waals surface area contributed by atoms with Crippen molar-refractivity contribution in [3.63, 3.8) is 0 Å². The fraction of sp³-hybridized carbons (Fsp3) is 0.348. The van der Waals surface area contributed by atoms with Crippen LogP contribution < -0.4 is 4.74 Å². The minimum atomic E-state index is -0.839. The highest BCUT2D eigenvalue weighted by molar-refractivity contribution is 14.1. The van der Waals surface area contributed by atoms with E-state index in [9.17, 15) is 9.90 Å². The maximum absolute atomic E-state index is 12.8. The molecule has 146 valence electrons. The van der Waals surface area contributed by atoms with E-state index in [2.05, 4.69) is 45.7 Å². The summed E-state index contributed by atoms with van der Waals surface area (Å²) in [5, 5.41) is 10.5. The van der Waals surface area contributed by atoms with Gasteiger partial charge < -0.3 is 9.84 Å². The van der Waals surface area contributed by atoms with Crippen LogP contribution in [0, 0.1) is 11.3 Å². The molecule has 1 N–H and O–H groups in total. The molecule has 28 heavy (non-hydrogen) atoms. The Morgan fingerprint density at radius 2 is 1.89 bits per heavy atom. The first kappa shape index (κ1) is 19.5. The lowest BCUT2D eigenvalue weighted by Crippen LogP contribution is -2.46. The average molecular weight is 489 g/mol. The molecule has 4 rings (SSSR count). The summed E-state index contributed by atoms with van der Waals surface area (Å²) in [7, 11) is 1.66. The second-order valence-electron chi connectivity index (χ2n) is 7.67. The molecule has 5 heteroatoms. The van der Waals surface area contributed by atoms with E-state index in [0.717, 1.165) is 30.8 Å². The van der Waals surface area contributed by atoms with Gasteiger partial charge in [0.2, 0.25) is 0 Å². The molecule has 1 saturated heterocycles. The quantitative estimate of drug-likeness (QED) is 0.619. The van der Waals surface area contributed by atoms with Crippen molar-refractivity contribution in [3.05, 3.63) is 75.4 Å². The van der Waals surface area contributed by atoms with Gasteiger partial charge in [-0.1, -0.05) is 54.6 Å². The van der Waals surface area contributed by atoms with Crippen molar-refractivity contribution in [1.82, 2.24) is 4.90 Å². The van der Waals surface area contributed by atoms with Crippen LogP contribution in [-0.2, 0) is 11.3 Å². The summed E-state index contributed by atoms with van der Waals surface area (Å²) >= 11 is 2.35. The molecular weight excluding hydrogens is 465 g/mol. The average Bonchev–Trinajstić information content (AvgIpc) is 3.10. The van der Waals surface area contributed by atoms with E-state index >= 15 is 0 Å². The van der Waals surface area contributed by atoms with Gasteiger partial charge in [0, 0.05) is 31.5 Å². The number of benzene rings is 2. The Hall–Kier alpha value is -1.86. The highest BCUT2D eigenvalue weighted by Gasteiger charge is 2.59. The Labute approximate surface area is 179 Å². The maximum Gasteiger partial charge on any atom is 0.312 e. The molecule has 0 bridgehead atoms. The topological polar surface area (TPSA) is 49.8 Å². The fourth-order valence-corrected chi connectivity index (χ4v) is 5.93. The zero-order chi connectivity index (χ0) is 19.7. The van der Waals surface area contributed by atoms with Crippen LogP contribution >= 0.6 is 22.6 Å². The second-order valence-corrected chi connectivity index (χ2v) is 8.92. The molecule has 3 atom stereocenters. The van der Waals surface area contributed by atoms with Gasteiger partial charge in [-0.25, -0.2) is 0 Å². The molecule has 0 saturated carbocycles. The van der Waals surface area contributed by atoms with Gasteiger partial charge in [0.15, 0.2) is 0 Å². The predicted molar refractivity (Wildman–Crippen MR) is 118 cm³/mol. The molecular formula is C23H24INO3. The number of allylic oxidation sites excluding steroid dienone is 1. The minimum absolute atomic E-state index is 0.00188. The number of carboxylic acids is 1. The van der Waals surface area contributed by atoms with Crippen molar-refractivity contribution in [2.24, 2.45) is 11.3 Å². The number of carbonyl (C=O) groups is 1. The third kappa shape index (κ3) is 3.24. The van der Waals surface area contributed by atoms with Crippen LogP contribution in [0.25, 0.3) is 0 Å². The first-order chi connectivity index (χ1) is 13.6. The van der Waals surface area contributed by atoms with Crippen molar-refractivity contribution < 1.29 is 14.6 Å². The van der Waals surface area contributed by atoms with Crippen LogP contribution in [-0.4, -0.2) is 36.2 Å². The van der Waals surface area contributed by atoms with Crippen molar-refractivity contribution in [1.29, 1.82) is 0 Å². The van der Waals surface area contributed by atoms with Crippen LogP contribution in [0.3, 0.4) is 0 Å². The number of nitrogens with zero attached hydrogens (tertiary/aromatic N) is 1. The Kier molecular flexibility index (Phi) is 5.47. The number of rotatable bonds is 5. The van der Waals surface area contributed by atoms with Gasteiger partial charge in [-0.2, -0.15) is 0 Å². The molecule has 2 aromatic carbocycles. The van der Waals surface area contributed by atoms with E-state index in [1.807, 2.05) is 42.5 Å². The molecule has 0 radical (unpaired) electrons. The molecule has 1 aliphatic carbocycles. The van der Waals surface area contributed by atoms with E-state index < -0.39 is 11.4 Å². The molecule has 0 amide bonds. The molecule has 4 nitrogen and oxygen atoms in total. The van der Waals surface area contributed by atoms with Gasteiger partial charge in [-0.3, -0.25) is 9.69 Å². The Morgan fingerprint density at radius 1 is 1.18 bits per heavy atom. The largest absolute Gasteiger partial charge is 0.496 e. The molecule has 1 heterocycles. The van der Waals surface area contributed by atoms with Gasteiger partial charge in [-0.05, 0) is 49.8 Å². The number of methoxy groups -OCH3 is 1. The molecule has 2 aliphatic rings. The van der Waals surface area contributed by atoms with Crippen LogP contribution in [0.4, 0.5) is 0 Å². The lowest BCUT2D eigenvalue weighted by Gasteiger charge is -2.41. The zero-order valence-electron chi connectivity index (χ0n) is 15.8. The summed E-state index contributed by atoms with van der Waals surface area (Å²) in [5.41, 5.74) is 1.38. The standard InChI is InChI=1S/C23H24INO3/c1-28-21-10-6-5-9-17(21)18-11-12-20(24)19-14-25(15-23(18,19)22(26)27)13-16-7-3-2-4-8-16/h2-10,12,18-19H,11,13-15H2,1H3,(H,26,27). The minimum Gasteiger partial charge on any atom is -0.496 e. The van der Waals surface area contributed by atoms with Crippen LogP contribution in [0.5, 0.6) is 5.75 Å². The zero-order valence-corrected chi connectivity index (χ0v) is 18.0. The van der Waals surface area contributed by atoms with E-state index in [0.29, 0.717) is 6.54 Å². The fourth-order valence-electron chi connectivity index (χ4n) is 4.92. The number of fused-ring (bicyclic) bond motifs is 1. The number of likely N-dealkylation sites (tertiary alicyclic amines) is 1. The highest BCUT2D eigenvalue weighted by Crippen LogP contribution is 2.57. The van der Waals surface area contributed by atoms with Gasteiger partial charge in [0.05, 0.1) is 12.5 Å². The SMILES string of the molecule is COc1ccccc1C1CC=C(I)C2CN(Cc3ccccc3)CC21C(=O)O. The third-order valence-electron chi connectivity index (χ3n) is 6.21. The number of hydrogen-bond donors (Lipinski definition) is 1. The first-order valence-electron chi connectivity index (χ1n) is 9.54. The number of para-hydroxylation sites is 1. The molecule has 3 unspecified atom stereocenters. The van der Waals surface area contributed by atoms with E-state index in [4.69, 9.17) is 4.74 Å². The number of ether oxygens (including phenoxy) is 1. The van der Waals surface area contributed by atoms with Gasteiger partial charge >= 0.3 is 5.97 Å². The maximum atomic E-state index is 12.8. The summed E-state index contributed by atoms with van der Waals surface area (Å²) in [6.07, 6.45) is 2.94. The van der Waals surface area contributed by atoms with Crippen LogP contribution in [0.15, 0.2) is 64.3 Å². The highest BCUT2D eigenvalue weighted by atomic mass is 127. The summed E-state index contributed by atoms with van der Waals surface area (Å²) in [6.45, 7) is 2.08. The Balaban J connectivity index is 1.74. The lowest BCUT2D eigenvalue weighted by molar-refractivity contribution is -0.151. The third-order valence-corrected chi connectivity index (χ3v) is 7.40. The molecule has 1 fully saturated rings. The van der Waals surface area contributed by atoms with Crippen molar-refractivity contribution in [3.8, 4) is 5.75 Å². The van der Waals surface area contributed by atoms with Crippen LogP contribution in [0.1, 0.15) is 23.5 Å².